The summed E-state index contributed by atoms with van der Waals surface area (Å²) in [4.78, 5) is 15.5. The summed E-state index contributed by atoms with van der Waals surface area (Å²) in [6.45, 7) is 2.87. The Hall–Kier alpha value is -1.73. The third-order valence-electron chi connectivity index (χ3n) is 3.04. The number of hydrogen-bond acceptors (Lipinski definition) is 3. The largest absolute Gasteiger partial charge is 0.368 e. The number of anilines is 1. The fourth-order valence-corrected chi connectivity index (χ4v) is 2.25. The second-order valence-electron chi connectivity index (χ2n) is 4.18. The van der Waals surface area contributed by atoms with Gasteiger partial charge in [-0.05, 0) is 18.2 Å². The molecule has 1 saturated heterocycles. The first-order valence-corrected chi connectivity index (χ1v) is 6.24. The van der Waals surface area contributed by atoms with Crippen LogP contribution in [0.25, 0.3) is 0 Å². The first-order chi connectivity index (χ1) is 8.70. The van der Waals surface area contributed by atoms with E-state index in [4.69, 9.17) is 16.9 Å². The van der Waals surface area contributed by atoms with Crippen molar-refractivity contribution in [2.75, 3.05) is 31.1 Å². The number of benzene rings is 1. The molecule has 0 atom stereocenters. The Balaban J connectivity index is 1.95. The van der Waals surface area contributed by atoms with Crippen LogP contribution in [0.15, 0.2) is 24.3 Å². The third-order valence-corrected chi connectivity index (χ3v) is 3.27. The zero-order chi connectivity index (χ0) is 13.0. The zero-order valence-corrected chi connectivity index (χ0v) is 10.7. The molecule has 94 valence electrons. The lowest BCUT2D eigenvalue weighted by Crippen LogP contribution is -2.48. The molecule has 1 aliphatic heterocycles. The van der Waals surface area contributed by atoms with E-state index in [0.29, 0.717) is 13.1 Å². The molecule has 4 nitrogen and oxygen atoms in total. The smallest absolute Gasteiger partial charge is 0.236 e. The molecule has 5 heteroatoms. The molecular formula is C13H14ClN3O. The average molecular weight is 264 g/mol. The molecule has 0 aromatic heterocycles. The Morgan fingerprint density at radius 3 is 2.67 bits per heavy atom. The van der Waals surface area contributed by atoms with Gasteiger partial charge in [0.15, 0.2) is 0 Å². The molecule has 2 rings (SSSR count). The predicted molar refractivity (Wildman–Crippen MR) is 70.5 cm³/mol. The van der Waals surface area contributed by atoms with Crippen LogP contribution in [0.4, 0.5) is 5.69 Å². The lowest BCUT2D eigenvalue weighted by Gasteiger charge is -2.35. The van der Waals surface area contributed by atoms with Gasteiger partial charge in [0.1, 0.15) is 6.42 Å². The standard InChI is InChI=1S/C13H14ClN3O/c14-11-2-1-3-12(10-11)16-6-8-17(9-7-16)13(18)4-5-15/h1-3,10H,4,6-9H2. The van der Waals surface area contributed by atoms with Gasteiger partial charge in [0, 0.05) is 36.9 Å². The Kier molecular flexibility index (Phi) is 4.06. The third kappa shape index (κ3) is 2.93. The number of hydrogen-bond donors (Lipinski definition) is 0. The molecule has 0 aliphatic carbocycles. The predicted octanol–water partition coefficient (Wildman–Crippen LogP) is 1.90. The van der Waals surface area contributed by atoms with E-state index in [-0.39, 0.29) is 12.3 Å². The molecule has 0 unspecified atom stereocenters. The molecule has 1 amide bonds. The van der Waals surface area contributed by atoms with Crippen molar-refractivity contribution >= 4 is 23.2 Å². The van der Waals surface area contributed by atoms with Crippen molar-refractivity contribution in [1.29, 1.82) is 5.26 Å². The highest BCUT2D eigenvalue weighted by Gasteiger charge is 2.20. The first-order valence-electron chi connectivity index (χ1n) is 5.86. The van der Waals surface area contributed by atoms with Crippen LogP contribution in [0, 0.1) is 11.3 Å². The van der Waals surface area contributed by atoms with Gasteiger partial charge in [0.05, 0.1) is 6.07 Å². The highest BCUT2D eigenvalue weighted by molar-refractivity contribution is 6.30. The van der Waals surface area contributed by atoms with Crippen molar-refractivity contribution in [3.8, 4) is 6.07 Å². The van der Waals surface area contributed by atoms with Crippen LogP contribution in [0.1, 0.15) is 6.42 Å². The molecule has 0 N–H and O–H groups in total. The molecule has 1 aromatic rings. The van der Waals surface area contributed by atoms with E-state index in [1.807, 2.05) is 30.3 Å². The van der Waals surface area contributed by atoms with Gasteiger partial charge >= 0.3 is 0 Å². The molecule has 1 fully saturated rings. The van der Waals surface area contributed by atoms with Crippen LogP contribution in [0.2, 0.25) is 5.02 Å². The SMILES string of the molecule is N#CCC(=O)N1CCN(c2cccc(Cl)c2)CC1. The molecule has 1 aliphatic rings. The van der Waals surface area contributed by atoms with Crippen LogP contribution in [0.3, 0.4) is 0 Å². The Morgan fingerprint density at radius 2 is 2.06 bits per heavy atom. The van der Waals surface area contributed by atoms with Crippen LogP contribution in [-0.2, 0) is 4.79 Å². The number of rotatable bonds is 2. The number of carbonyl (C=O) groups is 1. The molecular weight excluding hydrogens is 250 g/mol. The minimum atomic E-state index is -0.0803. The summed E-state index contributed by atoms with van der Waals surface area (Å²) < 4.78 is 0. The molecule has 0 spiro atoms. The van der Waals surface area contributed by atoms with Gasteiger partial charge < -0.3 is 9.80 Å². The summed E-state index contributed by atoms with van der Waals surface area (Å²) >= 11 is 5.96. The molecule has 0 bridgehead atoms. The van der Waals surface area contributed by atoms with Gasteiger partial charge in [-0.3, -0.25) is 4.79 Å². The lowest BCUT2D eigenvalue weighted by atomic mass is 10.2. The maximum absolute atomic E-state index is 11.6. The fourth-order valence-electron chi connectivity index (χ4n) is 2.07. The average Bonchev–Trinajstić information content (AvgIpc) is 2.39. The summed E-state index contributed by atoms with van der Waals surface area (Å²) in [6, 6.07) is 9.60. The van der Waals surface area contributed by atoms with Crippen molar-refractivity contribution in [3.05, 3.63) is 29.3 Å². The summed E-state index contributed by atoms with van der Waals surface area (Å²) in [6.07, 6.45) is -0.0306. The number of carbonyl (C=O) groups excluding carboxylic acids is 1. The minimum Gasteiger partial charge on any atom is -0.368 e. The van der Waals surface area contributed by atoms with E-state index >= 15 is 0 Å². The van der Waals surface area contributed by atoms with Crippen molar-refractivity contribution in [1.82, 2.24) is 4.90 Å². The van der Waals surface area contributed by atoms with E-state index in [9.17, 15) is 4.79 Å². The topological polar surface area (TPSA) is 47.3 Å². The molecule has 0 radical (unpaired) electrons. The number of nitriles is 1. The number of amides is 1. The van der Waals surface area contributed by atoms with E-state index in [0.717, 1.165) is 23.8 Å². The molecule has 1 heterocycles. The van der Waals surface area contributed by atoms with Crippen molar-refractivity contribution < 1.29 is 4.79 Å². The zero-order valence-electron chi connectivity index (χ0n) is 9.97. The second-order valence-corrected chi connectivity index (χ2v) is 4.62. The maximum Gasteiger partial charge on any atom is 0.236 e. The number of halogens is 1. The van der Waals surface area contributed by atoms with E-state index in [1.54, 1.807) is 4.90 Å². The summed E-state index contributed by atoms with van der Waals surface area (Å²) in [5.74, 6) is -0.0803. The summed E-state index contributed by atoms with van der Waals surface area (Å²) in [5.41, 5.74) is 1.08. The number of nitrogens with zero attached hydrogens (tertiary/aromatic N) is 3. The van der Waals surface area contributed by atoms with Crippen molar-refractivity contribution in [2.24, 2.45) is 0 Å². The Bertz CT molecular complexity index is 475. The summed E-state index contributed by atoms with van der Waals surface area (Å²) in [7, 11) is 0. The van der Waals surface area contributed by atoms with Crippen LogP contribution < -0.4 is 4.90 Å². The Labute approximate surface area is 111 Å². The van der Waals surface area contributed by atoms with E-state index in [2.05, 4.69) is 4.90 Å². The number of piperazine rings is 1. The quantitative estimate of drug-likeness (QED) is 0.819. The monoisotopic (exact) mass is 263 g/mol. The van der Waals surface area contributed by atoms with Crippen molar-refractivity contribution in [3.63, 3.8) is 0 Å². The minimum absolute atomic E-state index is 0.0306. The highest BCUT2D eigenvalue weighted by Crippen LogP contribution is 2.20. The lowest BCUT2D eigenvalue weighted by molar-refractivity contribution is -0.130. The second kappa shape index (κ2) is 5.74. The summed E-state index contributed by atoms with van der Waals surface area (Å²) in [5, 5.41) is 9.22. The van der Waals surface area contributed by atoms with Gasteiger partial charge in [-0.1, -0.05) is 17.7 Å². The van der Waals surface area contributed by atoms with Gasteiger partial charge in [-0.2, -0.15) is 5.26 Å². The van der Waals surface area contributed by atoms with Gasteiger partial charge in [-0.25, -0.2) is 0 Å². The van der Waals surface area contributed by atoms with Gasteiger partial charge in [0.2, 0.25) is 5.91 Å². The Morgan fingerprint density at radius 1 is 1.33 bits per heavy atom. The molecule has 1 aromatic carbocycles. The highest BCUT2D eigenvalue weighted by atomic mass is 35.5. The van der Waals surface area contributed by atoms with Crippen molar-refractivity contribution in [2.45, 2.75) is 6.42 Å². The first kappa shape index (κ1) is 12.7. The molecule has 0 saturated carbocycles. The van der Waals surface area contributed by atoms with Gasteiger partial charge in [0.25, 0.3) is 0 Å². The molecule has 18 heavy (non-hydrogen) atoms. The van der Waals surface area contributed by atoms with E-state index in [1.165, 1.54) is 0 Å². The van der Waals surface area contributed by atoms with Crippen LogP contribution in [0.5, 0.6) is 0 Å². The fraction of sp³-hybridized carbons (Fsp3) is 0.385. The normalized spacial score (nSPS) is 15.3. The van der Waals surface area contributed by atoms with E-state index < -0.39 is 0 Å². The van der Waals surface area contributed by atoms with Crippen LogP contribution in [-0.4, -0.2) is 37.0 Å². The van der Waals surface area contributed by atoms with Crippen LogP contribution >= 0.6 is 11.6 Å². The van der Waals surface area contributed by atoms with Gasteiger partial charge in [-0.15, -0.1) is 0 Å². The maximum atomic E-state index is 11.6.